The molecular weight excluding hydrogens is 562 g/mol. The molecule has 1 N–H and O–H groups in total. The molecule has 0 bridgehead atoms. The summed E-state index contributed by atoms with van der Waals surface area (Å²) >= 11 is 6.37. The molecule has 0 saturated heterocycles. The Kier molecular flexibility index (Phi) is 12.0. The zero-order chi connectivity index (χ0) is 29.8. The average Bonchev–Trinajstić information content (AvgIpc) is 2.98. The molecule has 3 rings (SSSR count). The number of ether oxygens (including phenoxy) is 1. The monoisotopic (exact) mass is 599 g/mol. The number of halogens is 1. The lowest BCUT2D eigenvalue weighted by Gasteiger charge is -2.33. The van der Waals surface area contributed by atoms with Gasteiger partial charge < -0.3 is 15.0 Å². The first-order valence-electron chi connectivity index (χ1n) is 13.7. The molecule has 10 heteroatoms. The fraction of sp³-hybridized carbons (Fsp3) is 0.355. The van der Waals surface area contributed by atoms with E-state index in [1.54, 1.807) is 30.3 Å². The number of rotatable bonds is 15. The van der Waals surface area contributed by atoms with Gasteiger partial charge in [0.25, 0.3) is 10.0 Å². The number of carbonyl (C=O) groups is 2. The molecule has 0 saturated carbocycles. The third kappa shape index (κ3) is 8.47. The van der Waals surface area contributed by atoms with Gasteiger partial charge in [-0.3, -0.25) is 13.9 Å². The van der Waals surface area contributed by atoms with Crippen LogP contribution in [0.25, 0.3) is 0 Å². The standard InChI is InChI=1S/C31H38ClN3O5S/c1-4-6-20-33-31(37)28(5-2)34(21-19-24-13-9-7-10-14-24)30(36)23-35(25-17-18-29(40-3)27(32)22-25)41(38,39)26-15-11-8-12-16-26/h7-18,22,28H,4-6,19-21,23H2,1-3H3,(H,33,37)/t28-/m0/s1. The fourth-order valence-corrected chi connectivity index (χ4v) is 6.14. The summed E-state index contributed by atoms with van der Waals surface area (Å²) in [6, 6.07) is 21.3. The molecule has 0 unspecified atom stereocenters. The first-order chi connectivity index (χ1) is 19.7. The minimum absolute atomic E-state index is 0.0277. The molecule has 0 aliphatic carbocycles. The minimum atomic E-state index is -4.17. The lowest BCUT2D eigenvalue weighted by atomic mass is 10.1. The maximum absolute atomic E-state index is 14.1. The van der Waals surface area contributed by atoms with Crippen LogP contribution in [0.1, 0.15) is 38.7 Å². The quantitative estimate of drug-likeness (QED) is 0.239. The van der Waals surface area contributed by atoms with Crippen molar-refractivity contribution in [1.82, 2.24) is 10.2 Å². The Hall–Kier alpha value is -3.56. The number of hydrogen-bond donors (Lipinski definition) is 1. The smallest absolute Gasteiger partial charge is 0.264 e. The highest BCUT2D eigenvalue weighted by atomic mass is 35.5. The second kappa shape index (κ2) is 15.4. The molecule has 0 aliphatic rings. The van der Waals surface area contributed by atoms with E-state index in [0.717, 1.165) is 22.7 Å². The van der Waals surface area contributed by atoms with Crippen molar-refractivity contribution in [3.05, 3.63) is 89.4 Å². The Morgan fingerprint density at radius 3 is 2.22 bits per heavy atom. The third-order valence-corrected chi connectivity index (χ3v) is 8.82. The van der Waals surface area contributed by atoms with Crippen LogP contribution < -0.4 is 14.4 Å². The van der Waals surface area contributed by atoms with Crippen molar-refractivity contribution in [3.8, 4) is 5.75 Å². The Bertz CT molecular complexity index is 1390. The second-order valence-corrected chi connectivity index (χ2v) is 11.8. The molecule has 3 aromatic rings. The second-order valence-electron chi connectivity index (χ2n) is 9.53. The fourth-order valence-electron chi connectivity index (χ4n) is 4.46. The van der Waals surface area contributed by atoms with Crippen LogP contribution in [-0.4, -0.2) is 57.9 Å². The highest BCUT2D eigenvalue weighted by molar-refractivity contribution is 7.92. The van der Waals surface area contributed by atoms with E-state index in [1.807, 2.05) is 44.2 Å². The van der Waals surface area contributed by atoms with E-state index < -0.39 is 28.5 Å². The van der Waals surface area contributed by atoms with Gasteiger partial charge in [-0.25, -0.2) is 8.42 Å². The average molecular weight is 600 g/mol. The molecular formula is C31H38ClN3O5S. The highest BCUT2D eigenvalue weighted by Gasteiger charge is 2.33. The zero-order valence-corrected chi connectivity index (χ0v) is 25.3. The maximum Gasteiger partial charge on any atom is 0.264 e. The van der Waals surface area contributed by atoms with E-state index in [4.69, 9.17) is 16.3 Å². The van der Waals surface area contributed by atoms with Crippen LogP contribution in [0.15, 0.2) is 83.8 Å². The summed E-state index contributed by atoms with van der Waals surface area (Å²) in [5, 5.41) is 3.14. The number of methoxy groups -OCH3 is 1. The normalized spacial score (nSPS) is 11.9. The van der Waals surface area contributed by atoms with E-state index >= 15 is 0 Å². The maximum atomic E-state index is 14.1. The van der Waals surface area contributed by atoms with Crippen LogP contribution in [0.2, 0.25) is 5.02 Å². The van der Waals surface area contributed by atoms with E-state index in [9.17, 15) is 18.0 Å². The summed E-state index contributed by atoms with van der Waals surface area (Å²) < 4.78 is 34.0. The van der Waals surface area contributed by atoms with Gasteiger partial charge in [0.15, 0.2) is 0 Å². The van der Waals surface area contributed by atoms with Gasteiger partial charge in [0, 0.05) is 13.1 Å². The predicted molar refractivity (Wildman–Crippen MR) is 163 cm³/mol. The number of sulfonamides is 1. The molecule has 8 nitrogen and oxygen atoms in total. The molecule has 0 spiro atoms. The SMILES string of the molecule is CCCCNC(=O)[C@H](CC)N(CCc1ccccc1)C(=O)CN(c1ccc(OC)c(Cl)c1)S(=O)(=O)c1ccccc1. The van der Waals surface area contributed by atoms with Crippen molar-refractivity contribution in [2.45, 2.75) is 50.5 Å². The number of hydrogen-bond acceptors (Lipinski definition) is 5. The number of nitrogens with one attached hydrogen (secondary N) is 1. The molecule has 2 amide bonds. The van der Waals surface area contributed by atoms with E-state index in [0.29, 0.717) is 25.1 Å². The van der Waals surface area contributed by atoms with Crippen molar-refractivity contribution in [2.24, 2.45) is 0 Å². The predicted octanol–water partition coefficient (Wildman–Crippen LogP) is 5.31. The van der Waals surface area contributed by atoms with Gasteiger partial charge in [0.1, 0.15) is 18.3 Å². The van der Waals surface area contributed by atoms with Gasteiger partial charge in [-0.05, 0) is 55.2 Å². The summed E-state index contributed by atoms with van der Waals surface area (Å²) in [4.78, 5) is 28.8. The topological polar surface area (TPSA) is 96.0 Å². The number of benzene rings is 3. The summed E-state index contributed by atoms with van der Waals surface area (Å²) in [6.45, 7) is 4.10. The molecule has 0 radical (unpaired) electrons. The molecule has 0 heterocycles. The molecule has 0 aliphatic heterocycles. The third-order valence-electron chi connectivity index (χ3n) is 6.73. The minimum Gasteiger partial charge on any atom is -0.495 e. The van der Waals surface area contributed by atoms with Gasteiger partial charge in [0.2, 0.25) is 11.8 Å². The summed E-state index contributed by atoms with van der Waals surface area (Å²) in [6.07, 6.45) is 2.62. The summed E-state index contributed by atoms with van der Waals surface area (Å²) in [5.41, 5.74) is 1.21. The van der Waals surface area contributed by atoms with Gasteiger partial charge in [-0.2, -0.15) is 0 Å². The Morgan fingerprint density at radius 1 is 0.976 bits per heavy atom. The summed E-state index contributed by atoms with van der Waals surface area (Å²) in [7, 11) is -2.71. The number of anilines is 1. The van der Waals surface area contributed by atoms with E-state index in [1.165, 1.54) is 30.2 Å². The molecule has 220 valence electrons. The lowest BCUT2D eigenvalue weighted by Crippen LogP contribution is -2.53. The van der Waals surface area contributed by atoms with Crippen molar-refractivity contribution >= 4 is 39.1 Å². The van der Waals surface area contributed by atoms with Crippen molar-refractivity contribution in [3.63, 3.8) is 0 Å². The number of nitrogens with zero attached hydrogens (tertiary/aromatic N) is 2. The van der Waals surface area contributed by atoms with Gasteiger partial charge in [-0.15, -0.1) is 0 Å². The Balaban J connectivity index is 2.00. The number of carbonyl (C=O) groups excluding carboxylic acids is 2. The largest absolute Gasteiger partial charge is 0.495 e. The summed E-state index contributed by atoms with van der Waals surface area (Å²) in [5.74, 6) is -0.379. The van der Waals surface area contributed by atoms with Gasteiger partial charge >= 0.3 is 0 Å². The number of amides is 2. The van der Waals surface area contributed by atoms with E-state index in [-0.39, 0.29) is 28.1 Å². The highest BCUT2D eigenvalue weighted by Crippen LogP contribution is 2.32. The van der Waals surface area contributed by atoms with Crippen molar-refractivity contribution < 1.29 is 22.7 Å². The van der Waals surface area contributed by atoms with Crippen LogP contribution >= 0.6 is 11.6 Å². The molecule has 41 heavy (non-hydrogen) atoms. The zero-order valence-electron chi connectivity index (χ0n) is 23.8. The first kappa shape index (κ1) is 32.0. The lowest BCUT2D eigenvalue weighted by molar-refractivity contribution is -0.139. The van der Waals surface area contributed by atoms with Crippen LogP contribution in [0.3, 0.4) is 0 Å². The first-order valence-corrected chi connectivity index (χ1v) is 15.6. The van der Waals surface area contributed by atoms with E-state index in [2.05, 4.69) is 5.32 Å². The molecule has 3 aromatic carbocycles. The van der Waals surface area contributed by atoms with Crippen LogP contribution in [-0.2, 0) is 26.0 Å². The molecule has 0 fully saturated rings. The van der Waals surface area contributed by atoms with Crippen molar-refractivity contribution in [2.75, 3.05) is 31.0 Å². The van der Waals surface area contributed by atoms with Crippen LogP contribution in [0, 0.1) is 0 Å². The molecule has 1 atom stereocenters. The Morgan fingerprint density at radius 2 is 1.63 bits per heavy atom. The van der Waals surface area contributed by atoms with Gasteiger partial charge in [-0.1, -0.05) is 80.4 Å². The van der Waals surface area contributed by atoms with Crippen molar-refractivity contribution in [1.29, 1.82) is 0 Å². The van der Waals surface area contributed by atoms with Crippen LogP contribution in [0.5, 0.6) is 5.75 Å². The van der Waals surface area contributed by atoms with Crippen LogP contribution in [0.4, 0.5) is 5.69 Å². The molecule has 0 aromatic heterocycles. The van der Waals surface area contributed by atoms with Gasteiger partial charge in [0.05, 0.1) is 22.7 Å². The number of unbranched alkanes of at least 4 members (excludes halogenated alkanes) is 1. The Labute approximate surface area is 248 Å².